The fraction of sp³-hybridized carbons (Fsp3) is 0.0455. The molecule has 0 spiro atoms. The van der Waals surface area contributed by atoms with Crippen molar-refractivity contribution in [3.8, 4) is 11.5 Å². The third-order valence-corrected chi connectivity index (χ3v) is 5.43. The minimum Gasteiger partial charge on any atom is -0.457 e. The highest BCUT2D eigenvalue weighted by atomic mass is 32.2. The maximum Gasteiger partial charge on any atom is 0.255 e. The molecule has 0 radical (unpaired) electrons. The number of hydrogen-bond donors (Lipinski definition) is 2. The summed E-state index contributed by atoms with van der Waals surface area (Å²) in [5, 5.41) is 2.64. The number of amides is 1. The van der Waals surface area contributed by atoms with Gasteiger partial charge in [-0.05, 0) is 54.6 Å². The number of para-hydroxylation sites is 1. The lowest BCUT2D eigenvalue weighted by Gasteiger charge is -2.10. The molecule has 3 aromatic carbocycles. The molecule has 0 saturated carbocycles. The van der Waals surface area contributed by atoms with E-state index < -0.39 is 26.6 Å². The van der Waals surface area contributed by atoms with Gasteiger partial charge in [0.25, 0.3) is 5.91 Å². The fourth-order valence-electron chi connectivity index (χ4n) is 2.53. The Morgan fingerprint density at radius 1 is 1.00 bits per heavy atom. The largest absolute Gasteiger partial charge is 0.457 e. The average Bonchev–Trinajstić information content (AvgIpc) is 2.74. The van der Waals surface area contributed by atoms with E-state index in [0.29, 0.717) is 17.2 Å². The Labute approximate surface area is 174 Å². The average molecular weight is 426 g/mol. The second-order valence-corrected chi connectivity index (χ2v) is 7.91. The first kappa shape index (κ1) is 21.2. The summed E-state index contributed by atoms with van der Waals surface area (Å²) in [6.07, 6.45) is 1.33. The molecule has 0 aliphatic rings. The monoisotopic (exact) mass is 426 g/mol. The van der Waals surface area contributed by atoms with Crippen molar-refractivity contribution in [3.05, 3.63) is 96.8 Å². The van der Waals surface area contributed by atoms with E-state index in [1.165, 1.54) is 12.1 Å². The molecule has 154 valence electrons. The van der Waals surface area contributed by atoms with Gasteiger partial charge in [-0.2, -0.15) is 0 Å². The van der Waals surface area contributed by atoms with Crippen LogP contribution in [0.1, 0.15) is 10.4 Å². The number of sulfonamides is 1. The second kappa shape index (κ2) is 9.34. The number of carbonyl (C=O) groups is 1. The fourth-order valence-corrected chi connectivity index (χ4v) is 3.63. The Hall–Kier alpha value is -3.49. The van der Waals surface area contributed by atoms with Gasteiger partial charge in [-0.1, -0.05) is 24.3 Å². The number of anilines is 1. The molecular formula is C22H19FN2O4S. The predicted octanol–water partition coefficient (Wildman–Crippen LogP) is 4.33. The summed E-state index contributed by atoms with van der Waals surface area (Å²) in [6, 6.07) is 19.0. The molecule has 3 aromatic rings. The van der Waals surface area contributed by atoms with Crippen molar-refractivity contribution < 1.29 is 22.3 Å². The topological polar surface area (TPSA) is 84.5 Å². The summed E-state index contributed by atoms with van der Waals surface area (Å²) in [7, 11) is -4.11. The lowest BCUT2D eigenvalue weighted by Crippen LogP contribution is -2.25. The van der Waals surface area contributed by atoms with E-state index >= 15 is 0 Å². The van der Waals surface area contributed by atoms with Crippen LogP contribution in [-0.2, 0) is 10.0 Å². The Bertz CT molecular complexity index is 1150. The van der Waals surface area contributed by atoms with Crippen LogP contribution in [0.5, 0.6) is 11.5 Å². The van der Waals surface area contributed by atoms with Gasteiger partial charge in [0, 0.05) is 17.8 Å². The first-order chi connectivity index (χ1) is 14.4. The van der Waals surface area contributed by atoms with Gasteiger partial charge < -0.3 is 10.1 Å². The quantitative estimate of drug-likeness (QED) is 0.525. The van der Waals surface area contributed by atoms with Gasteiger partial charge in [0.1, 0.15) is 22.2 Å². The maximum absolute atomic E-state index is 14.0. The highest BCUT2D eigenvalue weighted by Gasteiger charge is 2.20. The van der Waals surface area contributed by atoms with E-state index in [0.717, 1.165) is 12.1 Å². The van der Waals surface area contributed by atoms with Crippen molar-refractivity contribution in [3.63, 3.8) is 0 Å². The van der Waals surface area contributed by atoms with E-state index in [2.05, 4.69) is 16.6 Å². The van der Waals surface area contributed by atoms with Gasteiger partial charge in [-0.15, -0.1) is 6.58 Å². The van der Waals surface area contributed by atoms with Crippen LogP contribution in [-0.4, -0.2) is 20.9 Å². The van der Waals surface area contributed by atoms with Crippen LogP contribution in [0.4, 0.5) is 10.1 Å². The molecule has 0 aliphatic carbocycles. The van der Waals surface area contributed by atoms with Crippen LogP contribution in [0.2, 0.25) is 0 Å². The number of hydrogen-bond acceptors (Lipinski definition) is 4. The molecule has 0 saturated heterocycles. The first-order valence-corrected chi connectivity index (χ1v) is 10.4. The van der Waals surface area contributed by atoms with E-state index in [9.17, 15) is 17.6 Å². The van der Waals surface area contributed by atoms with Crippen molar-refractivity contribution in [2.24, 2.45) is 0 Å². The van der Waals surface area contributed by atoms with Gasteiger partial charge >= 0.3 is 0 Å². The number of benzene rings is 3. The summed E-state index contributed by atoms with van der Waals surface area (Å²) in [6.45, 7) is 3.35. The van der Waals surface area contributed by atoms with Crippen molar-refractivity contribution >= 4 is 21.6 Å². The van der Waals surface area contributed by atoms with Gasteiger partial charge in [-0.3, -0.25) is 4.79 Å². The van der Waals surface area contributed by atoms with Crippen LogP contribution in [0.15, 0.2) is 90.3 Å². The van der Waals surface area contributed by atoms with E-state index in [1.807, 2.05) is 30.3 Å². The number of halogens is 1. The molecule has 8 heteroatoms. The predicted molar refractivity (Wildman–Crippen MR) is 113 cm³/mol. The van der Waals surface area contributed by atoms with Crippen molar-refractivity contribution in [1.82, 2.24) is 4.72 Å². The van der Waals surface area contributed by atoms with E-state index in [-0.39, 0.29) is 12.1 Å². The van der Waals surface area contributed by atoms with Crippen LogP contribution in [0, 0.1) is 5.82 Å². The maximum atomic E-state index is 14.0. The molecular weight excluding hydrogens is 407 g/mol. The molecule has 0 atom stereocenters. The Morgan fingerprint density at radius 2 is 1.67 bits per heavy atom. The van der Waals surface area contributed by atoms with Gasteiger partial charge in [0.05, 0.1) is 0 Å². The minimum atomic E-state index is -4.11. The molecule has 0 fully saturated rings. The summed E-state index contributed by atoms with van der Waals surface area (Å²) >= 11 is 0. The molecule has 1 amide bonds. The number of nitrogens with one attached hydrogen (secondary N) is 2. The number of carbonyl (C=O) groups excluding carboxylic acids is 1. The zero-order chi connectivity index (χ0) is 21.6. The normalized spacial score (nSPS) is 11.0. The van der Waals surface area contributed by atoms with Gasteiger partial charge in [0.2, 0.25) is 10.0 Å². The van der Waals surface area contributed by atoms with Crippen LogP contribution >= 0.6 is 0 Å². The summed E-state index contributed by atoms with van der Waals surface area (Å²) in [5.41, 5.74) is 0.471. The smallest absolute Gasteiger partial charge is 0.255 e. The highest BCUT2D eigenvalue weighted by Crippen LogP contribution is 2.23. The van der Waals surface area contributed by atoms with Gasteiger partial charge in [-0.25, -0.2) is 17.5 Å². The number of rotatable bonds is 8. The molecule has 0 heterocycles. The van der Waals surface area contributed by atoms with Crippen molar-refractivity contribution in [2.75, 3.05) is 11.9 Å². The zero-order valence-electron chi connectivity index (χ0n) is 15.8. The summed E-state index contributed by atoms with van der Waals surface area (Å²) in [5.74, 6) is -0.264. The molecule has 0 unspecified atom stereocenters. The third kappa shape index (κ3) is 5.31. The molecule has 2 N–H and O–H groups in total. The Kier molecular flexibility index (Phi) is 6.61. The second-order valence-electron chi connectivity index (χ2n) is 6.18. The van der Waals surface area contributed by atoms with Crippen molar-refractivity contribution in [2.45, 2.75) is 4.90 Å². The number of ether oxygens (including phenoxy) is 1. The standard InChI is InChI=1S/C22H19FN2O4S/c1-2-14-24-30(27,28)21-15-16(8-13-20(21)23)22(26)25-17-9-11-19(12-10-17)29-18-6-4-3-5-7-18/h2-13,15,24H,1,14H2,(H,25,26). The molecule has 30 heavy (non-hydrogen) atoms. The first-order valence-electron chi connectivity index (χ1n) is 8.93. The molecule has 0 aliphatic heterocycles. The Balaban J connectivity index is 1.73. The minimum absolute atomic E-state index is 0.00000912. The lowest BCUT2D eigenvalue weighted by atomic mass is 10.2. The molecule has 0 aromatic heterocycles. The van der Waals surface area contributed by atoms with Crippen molar-refractivity contribution in [1.29, 1.82) is 0 Å². The SMILES string of the molecule is C=CCNS(=O)(=O)c1cc(C(=O)Nc2ccc(Oc3ccccc3)cc2)ccc1F. The van der Waals surface area contributed by atoms with Gasteiger partial charge in [0.15, 0.2) is 0 Å². The lowest BCUT2D eigenvalue weighted by molar-refractivity contribution is 0.102. The van der Waals surface area contributed by atoms with E-state index in [4.69, 9.17) is 4.74 Å². The third-order valence-electron chi connectivity index (χ3n) is 3.99. The van der Waals surface area contributed by atoms with Crippen LogP contribution < -0.4 is 14.8 Å². The van der Waals surface area contributed by atoms with Crippen LogP contribution in [0.25, 0.3) is 0 Å². The Morgan fingerprint density at radius 3 is 2.33 bits per heavy atom. The summed E-state index contributed by atoms with van der Waals surface area (Å²) in [4.78, 5) is 11.9. The molecule has 3 rings (SSSR count). The van der Waals surface area contributed by atoms with E-state index in [1.54, 1.807) is 24.3 Å². The molecule has 0 bridgehead atoms. The van der Waals surface area contributed by atoms with Crippen LogP contribution in [0.3, 0.4) is 0 Å². The zero-order valence-corrected chi connectivity index (χ0v) is 16.7. The highest BCUT2D eigenvalue weighted by molar-refractivity contribution is 7.89. The molecule has 6 nitrogen and oxygen atoms in total. The summed E-state index contributed by atoms with van der Waals surface area (Å²) < 4.78 is 46.3.